The van der Waals surface area contributed by atoms with Crippen molar-refractivity contribution >= 4 is 39.2 Å². The van der Waals surface area contributed by atoms with Crippen molar-refractivity contribution in [2.75, 3.05) is 0 Å². The zero-order chi connectivity index (χ0) is 26.1. The first-order valence-electron chi connectivity index (χ1n) is 12.4. The molecule has 0 aliphatic carbocycles. The summed E-state index contributed by atoms with van der Waals surface area (Å²) in [6, 6.07) is 19.6. The van der Waals surface area contributed by atoms with Crippen molar-refractivity contribution < 1.29 is 9.53 Å². The largest absolute Gasteiger partial charge is 0.438 e. The van der Waals surface area contributed by atoms with E-state index < -0.39 is 0 Å². The second-order valence-electron chi connectivity index (χ2n) is 9.80. The Kier molecular flexibility index (Phi) is 6.90. The van der Waals surface area contributed by atoms with E-state index in [1.165, 1.54) is 6.33 Å². The number of nitrogens with zero attached hydrogens (tertiary/aromatic N) is 3. The first kappa shape index (κ1) is 24.8. The fourth-order valence-corrected chi connectivity index (χ4v) is 4.58. The van der Waals surface area contributed by atoms with Gasteiger partial charge in [0, 0.05) is 28.9 Å². The van der Waals surface area contributed by atoms with Gasteiger partial charge >= 0.3 is 0 Å². The highest BCUT2D eigenvalue weighted by Crippen LogP contribution is 2.31. The Hall–Kier alpha value is -3.83. The summed E-state index contributed by atoms with van der Waals surface area (Å²) in [5.74, 6) is 1.50. The number of aryl methyl sites for hydroxylation is 2. The third-order valence-electron chi connectivity index (χ3n) is 6.61. The maximum absolute atomic E-state index is 12.9. The number of benzene rings is 3. The molecule has 2 heterocycles. The summed E-state index contributed by atoms with van der Waals surface area (Å²) in [6.45, 7) is 8.36. The van der Waals surface area contributed by atoms with Gasteiger partial charge in [0.15, 0.2) is 0 Å². The Morgan fingerprint density at radius 3 is 2.49 bits per heavy atom. The predicted molar refractivity (Wildman–Crippen MR) is 149 cm³/mol. The monoisotopic (exact) mass is 509 g/mol. The molecule has 0 bridgehead atoms. The first-order chi connectivity index (χ1) is 17.8. The molecule has 0 aliphatic rings. The zero-order valence-corrected chi connectivity index (χ0v) is 22.1. The molecule has 0 atom stereocenters. The molecule has 6 heteroatoms. The Morgan fingerprint density at radius 2 is 1.70 bits per heavy atom. The highest BCUT2D eigenvalue weighted by atomic mass is 35.5. The van der Waals surface area contributed by atoms with Crippen LogP contribution in [-0.4, -0.2) is 20.7 Å². The number of hydrogen-bond donors (Lipinski definition) is 0. The zero-order valence-electron chi connectivity index (χ0n) is 21.4. The van der Waals surface area contributed by atoms with Gasteiger partial charge in [-0.3, -0.25) is 9.78 Å². The topological polar surface area (TPSA) is 65.0 Å². The summed E-state index contributed by atoms with van der Waals surface area (Å²) in [5, 5.41) is 2.36. The molecule has 5 rings (SSSR count). The highest BCUT2D eigenvalue weighted by Gasteiger charge is 2.13. The highest BCUT2D eigenvalue weighted by molar-refractivity contribution is 6.31. The van der Waals surface area contributed by atoms with Crippen LogP contribution in [0.1, 0.15) is 47.7 Å². The van der Waals surface area contributed by atoms with E-state index in [9.17, 15) is 4.79 Å². The molecule has 0 unspecified atom stereocenters. The number of hydrogen-bond acceptors (Lipinski definition) is 5. The summed E-state index contributed by atoms with van der Waals surface area (Å²) in [5.41, 5.74) is 6.87. The standard InChI is InChI=1S/C31H28ClN3O2/c1-18(2)28-10-7-23-13-21(5-9-29(23)35-28)14-24(36)15-22-6-8-25(16-27(22)32)37-31-26-11-19(3)20(4)12-30(26)33-17-34-31/h5-13,16-18H,14-15H2,1-4H3. The Labute approximate surface area is 221 Å². The molecule has 0 aliphatic heterocycles. The average molecular weight is 510 g/mol. The minimum absolute atomic E-state index is 0.0920. The molecule has 0 radical (unpaired) electrons. The van der Waals surface area contributed by atoms with Crippen LogP contribution in [0.3, 0.4) is 0 Å². The maximum Gasteiger partial charge on any atom is 0.230 e. The van der Waals surface area contributed by atoms with Gasteiger partial charge in [-0.25, -0.2) is 9.97 Å². The van der Waals surface area contributed by atoms with Gasteiger partial charge in [-0.2, -0.15) is 0 Å². The van der Waals surface area contributed by atoms with Crippen LogP contribution in [0.5, 0.6) is 11.6 Å². The Morgan fingerprint density at radius 1 is 0.892 bits per heavy atom. The lowest BCUT2D eigenvalue weighted by Gasteiger charge is -2.11. The van der Waals surface area contributed by atoms with Gasteiger partial charge in [-0.1, -0.05) is 43.6 Å². The number of halogens is 1. The van der Waals surface area contributed by atoms with Crippen molar-refractivity contribution in [2.45, 2.75) is 46.5 Å². The fraction of sp³-hybridized carbons (Fsp3) is 0.226. The van der Waals surface area contributed by atoms with E-state index in [0.29, 0.717) is 29.0 Å². The number of ether oxygens (including phenoxy) is 1. The SMILES string of the molecule is Cc1cc2ncnc(Oc3ccc(CC(=O)Cc4ccc5nc(C(C)C)ccc5c4)c(Cl)c3)c2cc1C. The molecule has 0 amide bonds. The van der Waals surface area contributed by atoms with Gasteiger partial charge in [-0.15, -0.1) is 0 Å². The summed E-state index contributed by atoms with van der Waals surface area (Å²) in [6.07, 6.45) is 2.08. The van der Waals surface area contributed by atoms with Crippen molar-refractivity contribution in [1.29, 1.82) is 0 Å². The van der Waals surface area contributed by atoms with Crippen molar-refractivity contribution in [2.24, 2.45) is 0 Å². The molecular formula is C31H28ClN3O2. The van der Waals surface area contributed by atoms with Gasteiger partial charge in [0.1, 0.15) is 17.9 Å². The number of aromatic nitrogens is 3. The van der Waals surface area contributed by atoms with E-state index in [1.807, 2.05) is 49.4 Å². The molecular weight excluding hydrogens is 482 g/mol. The number of carbonyl (C=O) groups is 1. The molecule has 0 fully saturated rings. The summed E-state index contributed by atoms with van der Waals surface area (Å²) in [4.78, 5) is 26.3. The van der Waals surface area contributed by atoms with E-state index in [0.717, 1.165) is 49.8 Å². The van der Waals surface area contributed by atoms with Gasteiger partial charge in [0.25, 0.3) is 0 Å². The number of Topliss-reactive ketones (excluding diaryl/α,β-unsaturated/α-hetero) is 1. The lowest BCUT2D eigenvalue weighted by atomic mass is 10.0. The normalized spacial score (nSPS) is 11.4. The molecule has 0 N–H and O–H groups in total. The fourth-order valence-electron chi connectivity index (χ4n) is 4.34. The first-order valence-corrected chi connectivity index (χ1v) is 12.7. The average Bonchev–Trinajstić information content (AvgIpc) is 2.86. The second kappa shape index (κ2) is 10.3. The molecule has 186 valence electrons. The van der Waals surface area contributed by atoms with Gasteiger partial charge < -0.3 is 4.74 Å². The molecule has 2 aromatic heterocycles. The van der Waals surface area contributed by atoms with Crippen molar-refractivity contribution in [3.05, 3.63) is 100.0 Å². The number of ketones is 1. The summed E-state index contributed by atoms with van der Waals surface area (Å²) < 4.78 is 6.06. The van der Waals surface area contributed by atoms with Crippen molar-refractivity contribution in [1.82, 2.24) is 15.0 Å². The Balaban J connectivity index is 1.29. The maximum atomic E-state index is 12.9. The minimum Gasteiger partial charge on any atom is -0.438 e. The third-order valence-corrected chi connectivity index (χ3v) is 6.96. The number of rotatable bonds is 7. The number of pyridine rings is 1. The lowest BCUT2D eigenvalue weighted by molar-refractivity contribution is -0.117. The van der Waals surface area contributed by atoms with E-state index >= 15 is 0 Å². The van der Waals surface area contributed by atoms with Gasteiger partial charge in [-0.05, 0) is 84.5 Å². The molecule has 0 saturated carbocycles. The molecule has 0 saturated heterocycles. The summed E-state index contributed by atoms with van der Waals surface area (Å²) >= 11 is 6.55. The van der Waals surface area contributed by atoms with Crippen LogP contribution in [0.25, 0.3) is 21.8 Å². The van der Waals surface area contributed by atoms with E-state index in [4.69, 9.17) is 21.3 Å². The van der Waals surface area contributed by atoms with Crippen molar-refractivity contribution in [3.8, 4) is 11.6 Å². The molecule has 37 heavy (non-hydrogen) atoms. The van der Waals surface area contributed by atoms with Crippen LogP contribution in [0, 0.1) is 13.8 Å². The van der Waals surface area contributed by atoms with E-state index in [2.05, 4.69) is 42.9 Å². The molecule has 0 spiro atoms. The van der Waals surface area contributed by atoms with E-state index in [-0.39, 0.29) is 12.2 Å². The van der Waals surface area contributed by atoms with Crippen LogP contribution in [0.4, 0.5) is 0 Å². The van der Waals surface area contributed by atoms with Crippen LogP contribution in [-0.2, 0) is 17.6 Å². The van der Waals surface area contributed by atoms with E-state index in [1.54, 1.807) is 6.07 Å². The molecule has 3 aromatic carbocycles. The van der Waals surface area contributed by atoms with Crippen LogP contribution in [0.2, 0.25) is 5.02 Å². The molecule has 5 aromatic rings. The molecule has 5 nitrogen and oxygen atoms in total. The minimum atomic E-state index is 0.0920. The van der Waals surface area contributed by atoms with Crippen LogP contribution >= 0.6 is 11.6 Å². The Bertz CT molecular complexity index is 1650. The predicted octanol–water partition coefficient (Wildman–Crippen LogP) is 7.72. The lowest BCUT2D eigenvalue weighted by Crippen LogP contribution is -2.07. The third kappa shape index (κ3) is 5.47. The van der Waals surface area contributed by atoms with Gasteiger partial charge in [0.2, 0.25) is 5.88 Å². The van der Waals surface area contributed by atoms with Crippen LogP contribution in [0.15, 0.2) is 67.0 Å². The summed E-state index contributed by atoms with van der Waals surface area (Å²) in [7, 11) is 0. The van der Waals surface area contributed by atoms with Crippen LogP contribution < -0.4 is 4.74 Å². The van der Waals surface area contributed by atoms with Crippen molar-refractivity contribution in [3.63, 3.8) is 0 Å². The number of carbonyl (C=O) groups excluding carboxylic acids is 1. The number of fused-ring (bicyclic) bond motifs is 2. The van der Waals surface area contributed by atoms with Gasteiger partial charge in [0.05, 0.1) is 16.4 Å². The second-order valence-corrected chi connectivity index (χ2v) is 10.2. The quantitative estimate of drug-likeness (QED) is 0.225. The smallest absolute Gasteiger partial charge is 0.230 e.